The zero-order chi connectivity index (χ0) is 19.0. The first kappa shape index (κ1) is 17.8. The molecule has 27 heavy (non-hydrogen) atoms. The van der Waals surface area contributed by atoms with Crippen molar-refractivity contribution in [3.8, 4) is 0 Å². The van der Waals surface area contributed by atoms with Crippen molar-refractivity contribution >= 4 is 23.2 Å². The fraction of sp³-hybridized carbons (Fsp3) is 0.391. The van der Waals surface area contributed by atoms with Crippen LogP contribution in [0.1, 0.15) is 51.1 Å². The molecule has 2 amide bonds. The van der Waals surface area contributed by atoms with Gasteiger partial charge in [-0.1, -0.05) is 43.3 Å². The highest BCUT2D eigenvalue weighted by molar-refractivity contribution is 5.99. The van der Waals surface area contributed by atoms with Crippen LogP contribution in [0.2, 0.25) is 0 Å². The van der Waals surface area contributed by atoms with Gasteiger partial charge in [0.1, 0.15) is 0 Å². The maximum atomic E-state index is 13.2. The van der Waals surface area contributed by atoms with Crippen LogP contribution in [0.3, 0.4) is 0 Å². The van der Waals surface area contributed by atoms with Gasteiger partial charge in [-0.2, -0.15) is 0 Å². The Labute approximate surface area is 160 Å². The minimum Gasteiger partial charge on any atom is -0.309 e. The van der Waals surface area contributed by atoms with E-state index in [-0.39, 0.29) is 29.8 Å². The van der Waals surface area contributed by atoms with Crippen molar-refractivity contribution in [2.24, 2.45) is 5.92 Å². The van der Waals surface area contributed by atoms with Gasteiger partial charge in [0.15, 0.2) is 0 Å². The van der Waals surface area contributed by atoms with Crippen molar-refractivity contribution in [3.05, 3.63) is 60.2 Å². The lowest BCUT2D eigenvalue weighted by atomic mass is 9.89. The molecule has 1 saturated carbocycles. The van der Waals surface area contributed by atoms with E-state index in [1.54, 1.807) is 0 Å². The lowest BCUT2D eigenvalue weighted by Crippen LogP contribution is -2.48. The molecule has 4 rings (SSSR count). The number of anilines is 2. The van der Waals surface area contributed by atoms with Crippen LogP contribution in [0, 0.1) is 5.92 Å². The summed E-state index contributed by atoms with van der Waals surface area (Å²) in [6, 6.07) is 18.0. The Morgan fingerprint density at radius 1 is 1.04 bits per heavy atom. The summed E-state index contributed by atoms with van der Waals surface area (Å²) in [5.41, 5.74) is 2.95. The minimum absolute atomic E-state index is 0.0485. The van der Waals surface area contributed by atoms with Crippen LogP contribution >= 0.6 is 0 Å². The Morgan fingerprint density at radius 3 is 2.37 bits per heavy atom. The summed E-state index contributed by atoms with van der Waals surface area (Å²) in [5, 5.41) is 0. The highest BCUT2D eigenvalue weighted by Gasteiger charge is 2.42. The molecule has 0 spiro atoms. The number of para-hydroxylation sites is 2. The number of benzene rings is 2. The van der Waals surface area contributed by atoms with Crippen molar-refractivity contribution in [1.29, 1.82) is 0 Å². The van der Waals surface area contributed by atoms with E-state index in [0.29, 0.717) is 6.42 Å². The first-order valence-corrected chi connectivity index (χ1v) is 9.91. The van der Waals surface area contributed by atoms with Gasteiger partial charge >= 0.3 is 0 Å². The Kier molecular flexibility index (Phi) is 4.73. The monoisotopic (exact) mass is 362 g/mol. The van der Waals surface area contributed by atoms with Crippen LogP contribution in [-0.4, -0.2) is 17.9 Å². The van der Waals surface area contributed by atoms with E-state index in [0.717, 1.165) is 36.2 Å². The van der Waals surface area contributed by atoms with Gasteiger partial charge in [0.2, 0.25) is 11.8 Å². The van der Waals surface area contributed by atoms with Crippen molar-refractivity contribution in [2.75, 3.05) is 9.80 Å². The second kappa shape index (κ2) is 7.18. The molecule has 0 saturated heterocycles. The van der Waals surface area contributed by atoms with Crippen LogP contribution in [0.25, 0.3) is 0 Å². The maximum Gasteiger partial charge on any atom is 0.230 e. The summed E-state index contributed by atoms with van der Waals surface area (Å²) in [6.45, 7) is 3.98. The van der Waals surface area contributed by atoms with Gasteiger partial charge in [0, 0.05) is 29.8 Å². The lowest BCUT2D eigenvalue weighted by Gasteiger charge is -2.43. The Bertz CT molecular complexity index is 844. The number of carbonyl (C=O) groups is 2. The predicted molar refractivity (Wildman–Crippen MR) is 108 cm³/mol. The number of carbonyl (C=O) groups excluding carboxylic acids is 2. The van der Waals surface area contributed by atoms with E-state index >= 15 is 0 Å². The quantitative estimate of drug-likeness (QED) is 0.790. The minimum atomic E-state index is -0.0485. The number of hydrogen-bond donors (Lipinski definition) is 0. The van der Waals surface area contributed by atoms with Crippen molar-refractivity contribution in [1.82, 2.24) is 0 Å². The van der Waals surface area contributed by atoms with E-state index in [9.17, 15) is 9.59 Å². The lowest BCUT2D eigenvalue weighted by molar-refractivity contribution is -0.120. The Hall–Kier alpha value is -2.62. The smallest absolute Gasteiger partial charge is 0.230 e. The first-order valence-electron chi connectivity index (χ1n) is 9.91. The highest BCUT2D eigenvalue weighted by Crippen LogP contribution is 2.44. The first-order chi connectivity index (χ1) is 13.1. The van der Waals surface area contributed by atoms with Crippen LogP contribution in [-0.2, 0) is 9.59 Å². The molecule has 2 atom stereocenters. The second-order valence-electron chi connectivity index (χ2n) is 7.59. The van der Waals surface area contributed by atoms with Crippen LogP contribution in [0.15, 0.2) is 54.6 Å². The fourth-order valence-electron chi connectivity index (χ4n) is 4.15. The molecule has 1 heterocycles. The second-order valence-corrected chi connectivity index (χ2v) is 7.59. The molecule has 1 aliphatic heterocycles. The van der Waals surface area contributed by atoms with Gasteiger partial charge in [-0.25, -0.2) is 0 Å². The maximum absolute atomic E-state index is 13.2. The van der Waals surface area contributed by atoms with Gasteiger partial charge in [-0.3, -0.25) is 9.59 Å². The highest BCUT2D eigenvalue weighted by atomic mass is 16.2. The molecule has 2 aliphatic rings. The van der Waals surface area contributed by atoms with Gasteiger partial charge in [0.25, 0.3) is 0 Å². The van der Waals surface area contributed by atoms with Gasteiger partial charge < -0.3 is 9.80 Å². The zero-order valence-electron chi connectivity index (χ0n) is 16.0. The molecule has 4 heteroatoms. The van der Waals surface area contributed by atoms with E-state index in [4.69, 9.17) is 0 Å². The van der Waals surface area contributed by atoms with Gasteiger partial charge in [-0.15, -0.1) is 0 Å². The van der Waals surface area contributed by atoms with E-state index in [1.165, 1.54) is 0 Å². The van der Waals surface area contributed by atoms with Gasteiger partial charge in [-0.05, 0) is 49.9 Å². The summed E-state index contributed by atoms with van der Waals surface area (Å²) in [4.78, 5) is 29.7. The molecule has 4 nitrogen and oxygen atoms in total. The largest absolute Gasteiger partial charge is 0.309 e. The van der Waals surface area contributed by atoms with Crippen LogP contribution in [0.4, 0.5) is 11.4 Å². The molecule has 1 fully saturated rings. The van der Waals surface area contributed by atoms with Crippen molar-refractivity contribution in [3.63, 3.8) is 0 Å². The van der Waals surface area contributed by atoms with Crippen molar-refractivity contribution < 1.29 is 9.59 Å². The van der Waals surface area contributed by atoms with Gasteiger partial charge in [0.05, 0.1) is 6.04 Å². The molecule has 2 aromatic rings. The number of amides is 2. The summed E-state index contributed by atoms with van der Waals surface area (Å²) in [5.74, 6) is 0.486. The third-order valence-corrected chi connectivity index (χ3v) is 5.64. The third kappa shape index (κ3) is 3.25. The summed E-state index contributed by atoms with van der Waals surface area (Å²) in [6.07, 6.45) is 3.18. The number of nitrogens with zero attached hydrogens (tertiary/aromatic N) is 2. The average molecular weight is 362 g/mol. The molecular weight excluding hydrogens is 336 g/mol. The standard InChI is InChI=1S/C23H26N2O2/c1-3-22(26)24-16(2)15-21(19-11-7-8-12-20(19)24)25(23(27)17-13-14-17)18-9-5-4-6-10-18/h4-12,16-17,21H,3,13-15H2,1-2H3. The Morgan fingerprint density at radius 2 is 1.70 bits per heavy atom. The van der Waals surface area contributed by atoms with E-state index in [1.807, 2.05) is 65.3 Å². The normalized spacial score (nSPS) is 21.5. The molecule has 1 aliphatic carbocycles. The zero-order valence-corrected chi connectivity index (χ0v) is 16.0. The van der Waals surface area contributed by atoms with Crippen LogP contribution in [0.5, 0.6) is 0 Å². The number of rotatable bonds is 4. The Balaban J connectivity index is 1.80. The molecule has 140 valence electrons. The SMILES string of the molecule is CCC(=O)N1c2ccccc2C(N(C(=O)C2CC2)c2ccccc2)CC1C. The molecule has 2 aromatic carbocycles. The number of fused-ring (bicyclic) bond motifs is 1. The summed E-state index contributed by atoms with van der Waals surface area (Å²) < 4.78 is 0. The molecule has 0 N–H and O–H groups in total. The van der Waals surface area contributed by atoms with Crippen LogP contribution < -0.4 is 9.80 Å². The molecule has 0 radical (unpaired) electrons. The third-order valence-electron chi connectivity index (χ3n) is 5.64. The predicted octanol–water partition coefficient (Wildman–Crippen LogP) is 4.71. The molecule has 0 aromatic heterocycles. The summed E-state index contributed by atoms with van der Waals surface area (Å²) >= 11 is 0. The molecule has 2 unspecified atom stereocenters. The topological polar surface area (TPSA) is 40.6 Å². The fourth-order valence-corrected chi connectivity index (χ4v) is 4.15. The van der Waals surface area contributed by atoms with E-state index in [2.05, 4.69) is 13.0 Å². The molecule has 0 bridgehead atoms. The molecular formula is C23H26N2O2. The van der Waals surface area contributed by atoms with E-state index < -0.39 is 0 Å². The average Bonchev–Trinajstić information content (AvgIpc) is 3.54. The van der Waals surface area contributed by atoms with Crippen molar-refractivity contribution in [2.45, 2.75) is 51.6 Å². The number of hydrogen-bond acceptors (Lipinski definition) is 2. The summed E-state index contributed by atoms with van der Waals surface area (Å²) in [7, 11) is 0.